The first kappa shape index (κ1) is 16.3. The second-order valence-electron chi connectivity index (χ2n) is 5.27. The normalized spacial score (nSPS) is 20.6. The van der Waals surface area contributed by atoms with Crippen molar-refractivity contribution >= 4 is 27.1 Å². The monoisotopic (exact) mass is 333 g/mol. The Labute approximate surface area is 129 Å². The molecule has 8 heteroatoms. The van der Waals surface area contributed by atoms with Crippen molar-refractivity contribution < 1.29 is 8.42 Å². The Hall–Kier alpha value is -1.08. The topological polar surface area (TPSA) is 81.1 Å². The lowest BCUT2D eigenvalue weighted by molar-refractivity contribution is 0.543. The molecular formula is C13H20ClN3O3S. The van der Waals surface area contributed by atoms with E-state index in [9.17, 15) is 13.2 Å². The summed E-state index contributed by atoms with van der Waals surface area (Å²) in [7, 11) is -3.01. The fourth-order valence-electron chi connectivity index (χ4n) is 2.37. The highest BCUT2D eigenvalue weighted by Crippen LogP contribution is 2.22. The smallest absolute Gasteiger partial charge is 0.287 e. The second kappa shape index (κ2) is 6.79. The van der Waals surface area contributed by atoms with Gasteiger partial charge in [-0.15, -0.1) is 0 Å². The van der Waals surface area contributed by atoms with Crippen LogP contribution in [-0.2, 0) is 16.4 Å². The SMILES string of the molecule is CCCCn1ncc(NCC2CCCS2(=O)=O)c(Cl)c1=O. The van der Waals surface area contributed by atoms with E-state index < -0.39 is 15.1 Å². The van der Waals surface area contributed by atoms with E-state index in [2.05, 4.69) is 10.4 Å². The van der Waals surface area contributed by atoms with Crippen LogP contribution in [0, 0.1) is 0 Å². The van der Waals surface area contributed by atoms with Crippen molar-refractivity contribution in [1.29, 1.82) is 0 Å². The number of sulfone groups is 1. The molecule has 118 valence electrons. The minimum Gasteiger partial charge on any atom is -0.381 e. The van der Waals surface area contributed by atoms with Crippen LogP contribution >= 0.6 is 11.6 Å². The van der Waals surface area contributed by atoms with Gasteiger partial charge in [0.2, 0.25) is 0 Å². The van der Waals surface area contributed by atoms with E-state index in [4.69, 9.17) is 11.6 Å². The largest absolute Gasteiger partial charge is 0.381 e. The average molecular weight is 334 g/mol. The molecule has 6 nitrogen and oxygen atoms in total. The maximum absolute atomic E-state index is 12.0. The number of aryl methyl sites for hydroxylation is 1. The number of nitrogens with one attached hydrogen (secondary N) is 1. The molecule has 0 radical (unpaired) electrons. The molecule has 1 aliphatic heterocycles. The van der Waals surface area contributed by atoms with E-state index in [-0.39, 0.29) is 22.9 Å². The zero-order valence-electron chi connectivity index (χ0n) is 12.0. The third-order valence-electron chi connectivity index (χ3n) is 3.69. The molecule has 1 N–H and O–H groups in total. The highest BCUT2D eigenvalue weighted by atomic mass is 35.5. The summed E-state index contributed by atoms with van der Waals surface area (Å²) in [4.78, 5) is 12.0. The summed E-state index contributed by atoms with van der Waals surface area (Å²) in [5.41, 5.74) is 0.0564. The van der Waals surface area contributed by atoms with E-state index in [0.29, 0.717) is 25.1 Å². The van der Waals surface area contributed by atoms with E-state index in [0.717, 1.165) is 12.8 Å². The van der Waals surface area contributed by atoms with Gasteiger partial charge in [0.05, 0.1) is 22.9 Å². The third-order valence-corrected chi connectivity index (χ3v) is 6.33. The summed E-state index contributed by atoms with van der Waals surface area (Å²) in [5, 5.41) is 6.67. The van der Waals surface area contributed by atoms with Crippen molar-refractivity contribution in [2.75, 3.05) is 17.6 Å². The standard InChI is InChI=1S/C13H20ClN3O3S/c1-2-3-6-17-13(18)12(14)11(9-16-17)15-8-10-5-4-7-21(10,19)20/h9-10,15H,2-8H2,1H3. The van der Waals surface area contributed by atoms with Gasteiger partial charge in [0.15, 0.2) is 9.84 Å². The molecule has 1 atom stereocenters. The quantitative estimate of drug-likeness (QED) is 0.856. The number of hydrogen-bond donors (Lipinski definition) is 1. The molecule has 2 rings (SSSR count). The number of rotatable bonds is 6. The van der Waals surface area contributed by atoms with Crippen molar-refractivity contribution in [3.05, 3.63) is 21.6 Å². The first-order chi connectivity index (χ1) is 9.95. The van der Waals surface area contributed by atoms with Crippen LogP contribution < -0.4 is 10.9 Å². The maximum atomic E-state index is 12.0. The zero-order chi connectivity index (χ0) is 15.5. The van der Waals surface area contributed by atoms with E-state index in [1.54, 1.807) is 0 Å². The Morgan fingerprint density at radius 2 is 2.29 bits per heavy atom. The minimum atomic E-state index is -3.01. The Bertz CT molecular complexity index is 657. The van der Waals surface area contributed by atoms with Gasteiger partial charge in [-0.3, -0.25) is 4.79 Å². The Kier molecular flexibility index (Phi) is 5.27. The average Bonchev–Trinajstić information content (AvgIpc) is 2.78. The Balaban J connectivity index is 2.08. The van der Waals surface area contributed by atoms with Gasteiger partial charge in [-0.25, -0.2) is 13.1 Å². The van der Waals surface area contributed by atoms with Crippen LogP contribution in [0.3, 0.4) is 0 Å². The van der Waals surface area contributed by atoms with Crippen LogP contribution in [0.2, 0.25) is 5.02 Å². The van der Waals surface area contributed by atoms with Crippen molar-refractivity contribution in [2.24, 2.45) is 0 Å². The molecule has 0 spiro atoms. The molecule has 1 aliphatic rings. The van der Waals surface area contributed by atoms with Gasteiger partial charge in [0, 0.05) is 13.1 Å². The van der Waals surface area contributed by atoms with Crippen LogP contribution in [0.5, 0.6) is 0 Å². The molecule has 1 aromatic heterocycles. The molecule has 21 heavy (non-hydrogen) atoms. The van der Waals surface area contributed by atoms with E-state index in [1.165, 1.54) is 10.9 Å². The van der Waals surface area contributed by atoms with Crippen molar-refractivity contribution in [3.63, 3.8) is 0 Å². The molecule has 0 aromatic carbocycles. The molecule has 0 saturated carbocycles. The van der Waals surface area contributed by atoms with Crippen LogP contribution in [-0.4, -0.2) is 35.7 Å². The van der Waals surface area contributed by atoms with Gasteiger partial charge in [0.25, 0.3) is 5.56 Å². The van der Waals surface area contributed by atoms with E-state index >= 15 is 0 Å². The second-order valence-corrected chi connectivity index (χ2v) is 8.04. The lowest BCUT2D eigenvalue weighted by atomic mass is 10.2. The Morgan fingerprint density at radius 3 is 2.90 bits per heavy atom. The Morgan fingerprint density at radius 1 is 1.52 bits per heavy atom. The number of halogens is 1. The summed E-state index contributed by atoms with van der Waals surface area (Å²) in [6.45, 7) is 2.83. The van der Waals surface area contributed by atoms with Crippen LogP contribution in [0.25, 0.3) is 0 Å². The molecular weight excluding hydrogens is 314 g/mol. The number of nitrogens with zero attached hydrogens (tertiary/aromatic N) is 2. The molecule has 0 amide bonds. The molecule has 1 aromatic rings. The van der Waals surface area contributed by atoms with Crippen LogP contribution in [0.4, 0.5) is 5.69 Å². The molecule has 1 fully saturated rings. The van der Waals surface area contributed by atoms with Gasteiger partial charge in [-0.2, -0.15) is 5.10 Å². The molecule has 0 bridgehead atoms. The molecule has 2 heterocycles. The number of unbranched alkanes of at least 4 members (excludes halogenated alkanes) is 1. The highest BCUT2D eigenvalue weighted by molar-refractivity contribution is 7.92. The fourth-order valence-corrected chi connectivity index (χ4v) is 4.35. The van der Waals surface area contributed by atoms with Crippen molar-refractivity contribution in [1.82, 2.24) is 9.78 Å². The first-order valence-electron chi connectivity index (χ1n) is 7.16. The maximum Gasteiger partial charge on any atom is 0.287 e. The summed E-state index contributed by atoms with van der Waals surface area (Å²) < 4.78 is 24.8. The van der Waals surface area contributed by atoms with Gasteiger partial charge < -0.3 is 5.32 Å². The lowest BCUT2D eigenvalue weighted by Crippen LogP contribution is -2.28. The lowest BCUT2D eigenvalue weighted by Gasteiger charge is -2.13. The summed E-state index contributed by atoms with van der Waals surface area (Å²) >= 11 is 6.05. The van der Waals surface area contributed by atoms with Crippen molar-refractivity contribution in [3.8, 4) is 0 Å². The third kappa shape index (κ3) is 3.77. The van der Waals surface area contributed by atoms with Gasteiger partial charge >= 0.3 is 0 Å². The van der Waals surface area contributed by atoms with Crippen LogP contribution in [0.15, 0.2) is 11.0 Å². The summed E-state index contributed by atoms with van der Waals surface area (Å²) in [6, 6.07) is 0. The number of anilines is 1. The summed E-state index contributed by atoms with van der Waals surface area (Å²) in [5.74, 6) is 0.240. The highest BCUT2D eigenvalue weighted by Gasteiger charge is 2.31. The molecule has 0 aliphatic carbocycles. The molecule has 1 saturated heterocycles. The van der Waals surface area contributed by atoms with Gasteiger partial charge in [-0.05, 0) is 19.3 Å². The summed E-state index contributed by atoms with van der Waals surface area (Å²) in [6.07, 6.45) is 4.65. The predicted octanol–water partition coefficient (Wildman–Crippen LogP) is 1.69. The number of hydrogen-bond acceptors (Lipinski definition) is 5. The number of aromatic nitrogens is 2. The fraction of sp³-hybridized carbons (Fsp3) is 0.692. The molecule has 1 unspecified atom stereocenters. The first-order valence-corrected chi connectivity index (χ1v) is 9.26. The predicted molar refractivity (Wildman–Crippen MR) is 83.7 cm³/mol. The van der Waals surface area contributed by atoms with Gasteiger partial charge in [0.1, 0.15) is 5.02 Å². The van der Waals surface area contributed by atoms with Gasteiger partial charge in [-0.1, -0.05) is 24.9 Å². The van der Waals surface area contributed by atoms with Crippen LogP contribution in [0.1, 0.15) is 32.6 Å². The zero-order valence-corrected chi connectivity index (χ0v) is 13.6. The van der Waals surface area contributed by atoms with E-state index in [1.807, 2.05) is 6.92 Å². The van der Waals surface area contributed by atoms with Crippen molar-refractivity contribution in [2.45, 2.75) is 44.4 Å². The minimum absolute atomic E-state index is 0.0662.